The minimum atomic E-state index is -0.735. The number of hydrogen-bond donors (Lipinski definition) is 1. The van der Waals surface area contributed by atoms with Crippen LogP contribution < -0.4 is 0 Å². The third-order valence-electron chi connectivity index (χ3n) is 2.50. The molecule has 4 nitrogen and oxygen atoms in total. The van der Waals surface area contributed by atoms with Crippen LogP contribution in [0.15, 0.2) is 29.4 Å². The van der Waals surface area contributed by atoms with Gasteiger partial charge in [-0.3, -0.25) is 0 Å². The zero-order chi connectivity index (χ0) is 14.0. The van der Waals surface area contributed by atoms with Crippen molar-refractivity contribution in [2.24, 2.45) is 7.05 Å². The molecule has 0 bridgehead atoms. The summed E-state index contributed by atoms with van der Waals surface area (Å²) in [6.07, 6.45) is 0. The van der Waals surface area contributed by atoms with Crippen LogP contribution in [0.25, 0.3) is 11.4 Å². The van der Waals surface area contributed by atoms with Gasteiger partial charge in [0.15, 0.2) is 11.0 Å². The third-order valence-corrected chi connectivity index (χ3v) is 4.30. The molecule has 0 amide bonds. The first kappa shape index (κ1) is 14.4. The van der Waals surface area contributed by atoms with E-state index in [2.05, 4.69) is 10.2 Å². The van der Waals surface area contributed by atoms with E-state index in [0.29, 0.717) is 10.8 Å². The van der Waals surface area contributed by atoms with Crippen LogP contribution in [-0.4, -0.2) is 31.2 Å². The Balaban J connectivity index is 2.26. The molecule has 0 saturated carbocycles. The number of aromatic nitrogens is 3. The number of halogens is 1. The number of hydrogen-bond acceptors (Lipinski definition) is 4. The van der Waals surface area contributed by atoms with Crippen LogP contribution >= 0.6 is 23.4 Å². The van der Waals surface area contributed by atoms with E-state index >= 15 is 0 Å². The highest BCUT2D eigenvalue weighted by Gasteiger charge is 2.17. The summed E-state index contributed by atoms with van der Waals surface area (Å²) in [7, 11) is 1.89. The molecule has 1 N–H and O–H groups in total. The molecular formula is C13H16ClN3OS. The standard InChI is InChI=1S/C13H16ClN3OS/c1-13(2,18)8-19-12-16-15-11(17(12)3)9-6-4-5-7-10(9)14/h4-7,18H,8H2,1-3H3. The molecule has 0 aliphatic heterocycles. The van der Waals surface area contributed by atoms with Crippen LogP contribution in [0.4, 0.5) is 0 Å². The summed E-state index contributed by atoms with van der Waals surface area (Å²) in [4.78, 5) is 0. The van der Waals surface area contributed by atoms with Gasteiger partial charge in [0.1, 0.15) is 0 Å². The minimum absolute atomic E-state index is 0.557. The highest BCUT2D eigenvalue weighted by Crippen LogP contribution is 2.29. The van der Waals surface area contributed by atoms with Gasteiger partial charge in [-0.2, -0.15) is 0 Å². The van der Waals surface area contributed by atoms with E-state index in [4.69, 9.17) is 11.6 Å². The molecule has 0 aliphatic rings. The van der Waals surface area contributed by atoms with E-state index in [1.165, 1.54) is 11.8 Å². The number of nitrogens with zero attached hydrogens (tertiary/aromatic N) is 3. The Kier molecular flexibility index (Phi) is 4.18. The van der Waals surface area contributed by atoms with Crippen LogP contribution in [0.1, 0.15) is 13.8 Å². The van der Waals surface area contributed by atoms with E-state index in [0.717, 1.165) is 16.5 Å². The van der Waals surface area contributed by atoms with Gasteiger partial charge in [-0.05, 0) is 26.0 Å². The summed E-state index contributed by atoms with van der Waals surface area (Å²) in [5.41, 5.74) is 0.121. The fraction of sp³-hybridized carbons (Fsp3) is 0.385. The summed E-state index contributed by atoms with van der Waals surface area (Å²) in [6, 6.07) is 7.54. The molecule has 1 aromatic heterocycles. The van der Waals surface area contributed by atoms with E-state index in [1.807, 2.05) is 35.9 Å². The Morgan fingerprint density at radius 1 is 1.32 bits per heavy atom. The molecule has 19 heavy (non-hydrogen) atoms. The molecule has 6 heteroatoms. The predicted molar refractivity (Wildman–Crippen MR) is 78.5 cm³/mol. The third kappa shape index (κ3) is 3.49. The second-order valence-electron chi connectivity index (χ2n) is 4.95. The Morgan fingerprint density at radius 2 is 2.00 bits per heavy atom. The van der Waals surface area contributed by atoms with Gasteiger partial charge in [0.05, 0.1) is 10.6 Å². The van der Waals surface area contributed by atoms with Crippen molar-refractivity contribution in [3.05, 3.63) is 29.3 Å². The van der Waals surface area contributed by atoms with Gasteiger partial charge in [0, 0.05) is 18.4 Å². The lowest BCUT2D eigenvalue weighted by Gasteiger charge is -2.15. The van der Waals surface area contributed by atoms with Crippen LogP contribution in [0.2, 0.25) is 5.02 Å². The molecule has 0 unspecified atom stereocenters. The second-order valence-corrected chi connectivity index (χ2v) is 6.30. The van der Waals surface area contributed by atoms with Crippen molar-refractivity contribution < 1.29 is 5.11 Å². The summed E-state index contributed by atoms with van der Waals surface area (Å²) < 4.78 is 1.89. The molecule has 0 aliphatic carbocycles. The second kappa shape index (κ2) is 5.53. The average Bonchev–Trinajstić information content (AvgIpc) is 2.68. The van der Waals surface area contributed by atoms with Crippen molar-refractivity contribution >= 4 is 23.4 Å². The Labute approximate surface area is 121 Å². The predicted octanol–water partition coefficient (Wildman–Crippen LogP) is 3.00. The molecule has 0 fully saturated rings. The van der Waals surface area contributed by atoms with Crippen molar-refractivity contribution in [3.63, 3.8) is 0 Å². The van der Waals surface area contributed by atoms with Crippen LogP contribution in [0.3, 0.4) is 0 Å². The SMILES string of the molecule is Cn1c(SCC(C)(C)O)nnc1-c1ccccc1Cl. The van der Waals surface area contributed by atoms with Crippen molar-refractivity contribution in [2.45, 2.75) is 24.6 Å². The van der Waals surface area contributed by atoms with Crippen LogP contribution in [0.5, 0.6) is 0 Å². The highest BCUT2D eigenvalue weighted by atomic mass is 35.5. The zero-order valence-electron chi connectivity index (χ0n) is 11.1. The van der Waals surface area contributed by atoms with Gasteiger partial charge >= 0.3 is 0 Å². The summed E-state index contributed by atoms with van der Waals surface area (Å²) in [5.74, 6) is 1.28. The van der Waals surface area contributed by atoms with Gasteiger partial charge in [-0.25, -0.2) is 0 Å². The summed E-state index contributed by atoms with van der Waals surface area (Å²) in [6.45, 7) is 3.54. The van der Waals surface area contributed by atoms with Gasteiger partial charge in [0.2, 0.25) is 0 Å². The summed E-state index contributed by atoms with van der Waals surface area (Å²) in [5, 5.41) is 19.5. The molecule has 2 aromatic rings. The monoisotopic (exact) mass is 297 g/mol. The quantitative estimate of drug-likeness (QED) is 0.882. The first-order valence-electron chi connectivity index (χ1n) is 5.88. The van der Waals surface area contributed by atoms with Gasteiger partial charge < -0.3 is 9.67 Å². The van der Waals surface area contributed by atoms with Gasteiger partial charge in [0.25, 0.3) is 0 Å². The maximum Gasteiger partial charge on any atom is 0.191 e. The highest BCUT2D eigenvalue weighted by molar-refractivity contribution is 7.99. The number of rotatable bonds is 4. The normalized spacial score (nSPS) is 11.8. The molecule has 0 saturated heterocycles. The average molecular weight is 298 g/mol. The van der Waals surface area contributed by atoms with E-state index < -0.39 is 5.60 Å². The lowest BCUT2D eigenvalue weighted by Crippen LogP contribution is -2.22. The Hall–Kier alpha value is -1.04. The van der Waals surface area contributed by atoms with Gasteiger partial charge in [-0.15, -0.1) is 10.2 Å². The Morgan fingerprint density at radius 3 is 2.63 bits per heavy atom. The van der Waals surface area contributed by atoms with Crippen LogP contribution in [0, 0.1) is 0 Å². The maximum atomic E-state index is 9.74. The number of thioether (sulfide) groups is 1. The molecular weight excluding hydrogens is 282 g/mol. The first-order valence-corrected chi connectivity index (χ1v) is 7.24. The van der Waals surface area contributed by atoms with E-state index in [9.17, 15) is 5.11 Å². The number of aliphatic hydroxyl groups is 1. The molecule has 2 rings (SSSR count). The molecule has 0 radical (unpaired) electrons. The van der Waals surface area contributed by atoms with E-state index in [-0.39, 0.29) is 0 Å². The fourth-order valence-corrected chi connectivity index (χ4v) is 2.64. The Bertz CT molecular complexity index is 578. The molecule has 0 spiro atoms. The lowest BCUT2D eigenvalue weighted by molar-refractivity contribution is 0.107. The topological polar surface area (TPSA) is 50.9 Å². The first-order chi connectivity index (χ1) is 8.88. The smallest absolute Gasteiger partial charge is 0.191 e. The van der Waals surface area contributed by atoms with Crippen molar-refractivity contribution in [2.75, 3.05) is 5.75 Å². The maximum absolute atomic E-state index is 9.74. The van der Waals surface area contributed by atoms with Crippen molar-refractivity contribution in [1.29, 1.82) is 0 Å². The fourth-order valence-electron chi connectivity index (χ4n) is 1.56. The molecule has 1 aromatic carbocycles. The molecule has 0 atom stereocenters. The molecule has 102 valence electrons. The summed E-state index contributed by atoms with van der Waals surface area (Å²) >= 11 is 7.63. The van der Waals surface area contributed by atoms with E-state index in [1.54, 1.807) is 13.8 Å². The minimum Gasteiger partial charge on any atom is -0.390 e. The number of benzene rings is 1. The lowest BCUT2D eigenvalue weighted by atomic mass is 10.2. The van der Waals surface area contributed by atoms with Gasteiger partial charge in [-0.1, -0.05) is 35.5 Å². The van der Waals surface area contributed by atoms with Crippen LogP contribution in [-0.2, 0) is 7.05 Å². The molecule has 1 heterocycles. The largest absolute Gasteiger partial charge is 0.390 e. The van der Waals surface area contributed by atoms with Crippen molar-refractivity contribution in [3.8, 4) is 11.4 Å². The van der Waals surface area contributed by atoms with Crippen molar-refractivity contribution in [1.82, 2.24) is 14.8 Å². The zero-order valence-corrected chi connectivity index (χ0v) is 12.7.